The zero-order valence-electron chi connectivity index (χ0n) is 13.7. The van der Waals surface area contributed by atoms with Crippen LogP contribution in [0.4, 0.5) is 0 Å². The SMILES string of the molecule is CC(C)(C)c1ccc(OCC2(CO)COC2)c(-n2cnnn2)c1. The van der Waals surface area contributed by atoms with E-state index in [9.17, 15) is 5.11 Å². The van der Waals surface area contributed by atoms with Gasteiger partial charge in [-0.3, -0.25) is 0 Å². The van der Waals surface area contributed by atoms with Crippen LogP contribution >= 0.6 is 0 Å². The molecule has 23 heavy (non-hydrogen) atoms. The smallest absolute Gasteiger partial charge is 0.145 e. The zero-order valence-corrected chi connectivity index (χ0v) is 13.7. The van der Waals surface area contributed by atoms with Gasteiger partial charge in [0.15, 0.2) is 0 Å². The van der Waals surface area contributed by atoms with Gasteiger partial charge in [0, 0.05) is 0 Å². The van der Waals surface area contributed by atoms with Gasteiger partial charge < -0.3 is 14.6 Å². The number of aliphatic hydroxyl groups excluding tert-OH is 1. The van der Waals surface area contributed by atoms with Gasteiger partial charge in [-0.1, -0.05) is 26.8 Å². The molecule has 1 aliphatic heterocycles. The van der Waals surface area contributed by atoms with E-state index in [0.29, 0.717) is 25.6 Å². The number of rotatable bonds is 5. The molecule has 1 N–H and O–H groups in total. The first kappa shape index (κ1) is 15.9. The van der Waals surface area contributed by atoms with Crippen molar-refractivity contribution in [2.45, 2.75) is 26.2 Å². The van der Waals surface area contributed by atoms with Gasteiger partial charge in [-0.15, -0.1) is 5.10 Å². The van der Waals surface area contributed by atoms with Gasteiger partial charge in [-0.25, -0.2) is 0 Å². The van der Waals surface area contributed by atoms with Gasteiger partial charge in [-0.2, -0.15) is 4.68 Å². The van der Waals surface area contributed by atoms with Crippen LogP contribution in [0.25, 0.3) is 5.69 Å². The Hall–Kier alpha value is -1.99. The number of benzene rings is 1. The Balaban J connectivity index is 1.90. The molecule has 1 aliphatic rings. The van der Waals surface area contributed by atoms with Crippen LogP contribution in [0.3, 0.4) is 0 Å². The van der Waals surface area contributed by atoms with Crippen molar-refractivity contribution >= 4 is 0 Å². The molecule has 0 spiro atoms. The molecule has 0 amide bonds. The van der Waals surface area contributed by atoms with Crippen molar-refractivity contribution in [3.8, 4) is 11.4 Å². The third kappa shape index (κ3) is 3.20. The number of ether oxygens (including phenoxy) is 2. The fourth-order valence-electron chi connectivity index (χ4n) is 2.40. The molecule has 0 bridgehead atoms. The second kappa shape index (κ2) is 5.90. The van der Waals surface area contributed by atoms with Crippen LogP contribution < -0.4 is 4.74 Å². The summed E-state index contributed by atoms with van der Waals surface area (Å²) >= 11 is 0. The molecule has 0 atom stereocenters. The van der Waals surface area contributed by atoms with Gasteiger partial charge in [0.2, 0.25) is 0 Å². The maximum atomic E-state index is 9.52. The molecule has 1 aromatic carbocycles. The minimum atomic E-state index is -0.305. The highest BCUT2D eigenvalue weighted by atomic mass is 16.5. The Morgan fingerprint density at radius 1 is 1.35 bits per heavy atom. The molecule has 3 rings (SSSR count). The molecule has 7 nitrogen and oxygen atoms in total. The number of hydrogen-bond acceptors (Lipinski definition) is 6. The summed E-state index contributed by atoms with van der Waals surface area (Å²) in [6, 6.07) is 6.02. The molecular weight excluding hydrogens is 296 g/mol. The molecule has 124 valence electrons. The maximum Gasteiger partial charge on any atom is 0.145 e. The Kier molecular flexibility index (Phi) is 4.08. The largest absolute Gasteiger partial charge is 0.490 e. The van der Waals surface area contributed by atoms with Gasteiger partial charge in [0.25, 0.3) is 0 Å². The lowest BCUT2D eigenvalue weighted by atomic mass is 9.86. The molecule has 0 aliphatic carbocycles. The van der Waals surface area contributed by atoms with Crippen LogP contribution in [-0.2, 0) is 10.2 Å². The molecule has 0 saturated carbocycles. The summed E-state index contributed by atoms with van der Waals surface area (Å²) in [5.74, 6) is 0.685. The number of hydrogen-bond donors (Lipinski definition) is 1. The minimum Gasteiger partial charge on any atom is -0.490 e. The van der Waals surface area contributed by atoms with Crippen LogP contribution in [-0.4, -0.2) is 51.7 Å². The second-order valence-corrected chi connectivity index (χ2v) is 7.13. The fraction of sp³-hybridized carbons (Fsp3) is 0.562. The van der Waals surface area contributed by atoms with Crippen LogP contribution in [0, 0.1) is 5.41 Å². The molecule has 0 unspecified atom stereocenters. The first-order chi connectivity index (χ1) is 10.9. The van der Waals surface area contributed by atoms with Crippen molar-refractivity contribution in [2.75, 3.05) is 26.4 Å². The average molecular weight is 318 g/mol. The molecule has 1 fully saturated rings. The molecule has 1 saturated heterocycles. The minimum absolute atomic E-state index is 0.00935. The summed E-state index contributed by atoms with van der Waals surface area (Å²) in [5, 5.41) is 20.9. The van der Waals surface area contributed by atoms with E-state index in [1.807, 2.05) is 18.2 Å². The highest BCUT2D eigenvalue weighted by Gasteiger charge is 2.39. The third-order valence-corrected chi connectivity index (χ3v) is 4.11. The Bertz CT molecular complexity index is 655. The predicted octanol–water partition coefficient (Wildman–Crippen LogP) is 1.35. The summed E-state index contributed by atoms with van der Waals surface area (Å²) < 4.78 is 12.8. The lowest BCUT2D eigenvalue weighted by Crippen LogP contribution is -2.50. The third-order valence-electron chi connectivity index (χ3n) is 4.11. The van der Waals surface area contributed by atoms with E-state index in [1.165, 1.54) is 5.56 Å². The molecular formula is C16H22N4O3. The lowest BCUT2D eigenvalue weighted by molar-refractivity contribution is -0.153. The van der Waals surface area contributed by atoms with E-state index >= 15 is 0 Å². The lowest BCUT2D eigenvalue weighted by Gasteiger charge is -2.39. The Labute approximate surface area is 135 Å². The van der Waals surface area contributed by atoms with Gasteiger partial charge in [0.05, 0.1) is 25.2 Å². The van der Waals surface area contributed by atoms with E-state index in [2.05, 4.69) is 36.3 Å². The number of aromatic nitrogens is 4. The van der Waals surface area contributed by atoms with E-state index in [-0.39, 0.29) is 17.4 Å². The molecule has 2 heterocycles. The first-order valence-corrected chi connectivity index (χ1v) is 7.63. The Morgan fingerprint density at radius 3 is 2.65 bits per heavy atom. The standard InChI is InChI=1S/C16H22N4O3/c1-15(2,3)12-4-5-14(13(6-12)20-11-17-18-19-20)23-10-16(7-21)8-22-9-16/h4-6,11,21H,7-10H2,1-3H3. The number of nitrogens with zero attached hydrogens (tertiary/aromatic N) is 4. The summed E-state index contributed by atoms with van der Waals surface area (Å²) in [5.41, 5.74) is 1.66. The van der Waals surface area contributed by atoms with Crippen LogP contribution in [0.5, 0.6) is 5.75 Å². The molecule has 2 aromatic rings. The monoisotopic (exact) mass is 318 g/mol. The maximum absolute atomic E-state index is 9.52. The zero-order chi connectivity index (χ0) is 16.5. The predicted molar refractivity (Wildman–Crippen MR) is 83.7 cm³/mol. The Morgan fingerprint density at radius 2 is 2.13 bits per heavy atom. The number of tetrazole rings is 1. The van der Waals surface area contributed by atoms with Gasteiger partial charge in [-0.05, 0) is 33.5 Å². The topological polar surface area (TPSA) is 82.3 Å². The van der Waals surface area contributed by atoms with Crippen molar-refractivity contribution < 1.29 is 14.6 Å². The normalized spacial score (nSPS) is 16.9. The van der Waals surface area contributed by atoms with Gasteiger partial charge >= 0.3 is 0 Å². The van der Waals surface area contributed by atoms with E-state index in [0.717, 1.165) is 5.69 Å². The quantitative estimate of drug-likeness (QED) is 0.896. The van der Waals surface area contributed by atoms with Crippen molar-refractivity contribution in [2.24, 2.45) is 5.41 Å². The van der Waals surface area contributed by atoms with Crippen LogP contribution in [0.15, 0.2) is 24.5 Å². The second-order valence-electron chi connectivity index (χ2n) is 7.13. The summed E-state index contributed by atoms with van der Waals surface area (Å²) in [7, 11) is 0. The van der Waals surface area contributed by atoms with Crippen molar-refractivity contribution in [1.29, 1.82) is 0 Å². The van der Waals surface area contributed by atoms with Crippen molar-refractivity contribution in [3.63, 3.8) is 0 Å². The van der Waals surface area contributed by atoms with E-state index in [1.54, 1.807) is 11.0 Å². The molecule has 7 heteroatoms. The van der Waals surface area contributed by atoms with E-state index < -0.39 is 0 Å². The van der Waals surface area contributed by atoms with Crippen molar-refractivity contribution in [3.05, 3.63) is 30.1 Å². The summed E-state index contributed by atoms with van der Waals surface area (Å²) in [6.45, 7) is 7.93. The highest BCUT2D eigenvalue weighted by Crippen LogP contribution is 2.32. The summed E-state index contributed by atoms with van der Waals surface area (Å²) in [4.78, 5) is 0. The first-order valence-electron chi connectivity index (χ1n) is 7.63. The van der Waals surface area contributed by atoms with Crippen LogP contribution in [0.1, 0.15) is 26.3 Å². The highest BCUT2D eigenvalue weighted by molar-refractivity contribution is 5.49. The average Bonchev–Trinajstić information content (AvgIpc) is 2.99. The van der Waals surface area contributed by atoms with E-state index in [4.69, 9.17) is 9.47 Å². The van der Waals surface area contributed by atoms with Crippen molar-refractivity contribution in [1.82, 2.24) is 20.2 Å². The molecule has 0 radical (unpaired) electrons. The number of aliphatic hydroxyl groups is 1. The fourth-order valence-corrected chi connectivity index (χ4v) is 2.40. The molecule has 1 aromatic heterocycles. The summed E-state index contributed by atoms with van der Waals surface area (Å²) in [6.07, 6.45) is 1.54. The van der Waals surface area contributed by atoms with Gasteiger partial charge in [0.1, 0.15) is 24.4 Å². The van der Waals surface area contributed by atoms with Crippen LogP contribution in [0.2, 0.25) is 0 Å².